The molecule has 43 heavy (non-hydrogen) atoms. The van der Waals surface area contributed by atoms with Gasteiger partial charge >= 0.3 is 5.97 Å². The van der Waals surface area contributed by atoms with Gasteiger partial charge < -0.3 is 10.5 Å². The molecule has 5 nitrogen and oxygen atoms in total. The largest absolute Gasteiger partial charge is 0.453 e. The number of carbonyl (C=O) groups is 1. The lowest BCUT2D eigenvalue weighted by Gasteiger charge is -2.36. The van der Waals surface area contributed by atoms with Crippen molar-refractivity contribution in [3.63, 3.8) is 0 Å². The zero-order valence-corrected chi connectivity index (χ0v) is 28.5. The highest BCUT2D eigenvalue weighted by Gasteiger charge is 2.32. The van der Waals surface area contributed by atoms with Crippen LogP contribution in [0, 0.1) is 5.41 Å². The molecular formula is C36H50N2O3S2. The van der Waals surface area contributed by atoms with Gasteiger partial charge in [0.15, 0.2) is 5.94 Å². The Balaban J connectivity index is 1.82. The molecule has 2 N–H and O–H groups in total. The van der Waals surface area contributed by atoms with Crippen molar-refractivity contribution in [2.24, 2.45) is 11.1 Å². The van der Waals surface area contributed by atoms with E-state index in [0.717, 1.165) is 24.2 Å². The predicted octanol–water partition coefficient (Wildman–Crippen LogP) is 8.80. The Morgan fingerprint density at radius 2 is 1.37 bits per heavy atom. The van der Waals surface area contributed by atoms with Crippen molar-refractivity contribution in [2.45, 2.75) is 95.4 Å². The highest BCUT2D eigenvalue weighted by Crippen LogP contribution is 2.45. The zero-order chi connectivity index (χ0) is 31.6. The van der Waals surface area contributed by atoms with Crippen LogP contribution in [0.25, 0.3) is 0 Å². The first-order valence-corrected chi connectivity index (χ1v) is 17.3. The summed E-state index contributed by atoms with van der Waals surface area (Å²) in [5.74, 6) is 0.790. The van der Waals surface area contributed by atoms with Crippen LogP contribution in [-0.4, -0.2) is 32.4 Å². The van der Waals surface area contributed by atoms with Crippen LogP contribution in [0.5, 0.6) is 0 Å². The molecule has 0 aliphatic rings. The minimum Gasteiger partial charge on any atom is -0.453 e. The van der Waals surface area contributed by atoms with E-state index in [2.05, 4.69) is 107 Å². The monoisotopic (exact) mass is 622 g/mol. The van der Waals surface area contributed by atoms with E-state index >= 15 is 0 Å². The average Bonchev–Trinajstić information content (AvgIpc) is 2.98. The molecule has 0 aromatic heterocycles. The van der Waals surface area contributed by atoms with Gasteiger partial charge in [-0.2, -0.15) is 3.71 Å². The van der Waals surface area contributed by atoms with E-state index < -0.39 is 11.0 Å². The first-order valence-electron chi connectivity index (χ1n) is 15.2. The number of hydrogen-bond acceptors (Lipinski definition) is 5. The van der Waals surface area contributed by atoms with Crippen molar-refractivity contribution in [3.8, 4) is 0 Å². The fourth-order valence-electron chi connectivity index (χ4n) is 5.72. The molecule has 0 heterocycles. The van der Waals surface area contributed by atoms with Gasteiger partial charge in [0.2, 0.25) is 0 Å². The number of ether oxygens (including phenoxy) is 1. The summed E-state index contributed by atoms with van der Waals surface area (Å²) >= 11 is 1.23. The van der Waals surface area contributed by atoms with E-state index in [1.165, 1.54) is 28.6 Å². The Morgan fingerprint density at radius 3 is 1.88 bits per heavy atom. The van der Waals surface area contributed by atoms with Crippen molar-refractivity contribution in [1.82, 2.24) is 3.71 Å². The summed E-state index contributed by atoms with van der Waals surface area (Å²) in [5.41, 5.74) is 10.3. The molecule has 0 aliphatic heterocycles. The van der Waals surface area contributed by atoms with Gasteiger partial charge in [-0.1, -0.05) is 100 Å². The van der Waals surface area contributed by atoms with Crippen molar-refractivity contribution in [3.05, 3.63) is 102 Å². The van der Waals surface area contributed by atoms with E-state index in [-0.39, 0.29) is 28.8 Å². The summed E-state index contributed by atoms with van der Waals surface area (Å²) < 4.78 is 19.9. The van der Waals surface area contributed by atoms with Gasteiger partial charge in [0.05, 0.1) is 4.90 Å². The van der Waals surface area contributed by atoms with E-state index in [1.807, 2.05) is 12.1 Å². The molecule has 0 amide bonds. The van der Waals surface area contributed by atoms with Gasteiger partial charge in [0.25, 0.3) is 0 Å². The molecule has 0 spiro atoms. The normalized spacial score (nSPS) is 15.1. The van der Waals surface area contributed by atoms with Crippen LogP contribution in [0.3, 0.4) is 0 Å². The van der Waals surface area contributed by atoms with Crippen LogP contribution in [0.2, 0.25) is 0 Å². The molecule has 0 aliphatic carbocycles. The fourth-order valence-corrected chi connectivity index (χ4v) is 7.49. The number of rotatable bonds is 15. The van der Waals surface area contributed by atoms with E-state index in [9.17, 15) is 9.00 Å². The van der Waals surface area contributed by atoms with Crippen molar-refractivity contribution in [2.75, 3.05) is 13.0 Å². The van der Waals surface area contributed by atoms with Crippen LogP contribution in [0.1, 0.15) is 102 Å². The molecule has 234 valence electrons. The molecule has 0 saturated carbocycles. The highest BCUT2D eigenvalue weighted by molar-refractivity contribution is 8.06. The number of carbonyl (C=O) groups excluding carboxylic acids is 1. The Hall–Kier alpha value is -2.45. The summed E-state index contributed by atoms with van der Waals surface area (Å²) in [6.45, 7) is 13.0. The van der Waals surface area contributed by atoms with Gasteiger partial charge in [-0.3, -0.25) is 4.79 Å². The minimum absolute atomic E-state index is 0.0233. The Bertz CT molecular complexity index is 1290. The van der Waals surface area contributed by atoms with Gasteiger partial charge in [-0.25, -0.2) is 4.21 Å². The molecule has 3 rings (SSSR count). The maximum Gasteiger partial charge on any atom is 0.306 e. The lowest BCUT2D eigenvalue weighted by molar-refractivity contribution is -0.141. The summed E-state index contributed by atoms with van der Waals surface area (Å²) in [6.07, 6.45) is 3.36. The molecule has 4 atom stereocenters. The van der Waals surface area contributed by atoms with E-state index in [4.69, 9.17) is 10.5 Å². The van der Waals surface area contributed by atoms with E-state index in [1.54, 1.807) is 17.7 Å². The molecule has 7 heteroatoms. The van der Waals surface area contributed by atoms with Crippen molar-refractivity contribution in [1.29, 1.82) is 0 Å². The third kappa shape index (κ3) is 10.6. The molecule has 4 unspecified atom stereocenters. The number of hydrogen-bond donors (Lipinski definition) is 1. The Labute approximate surface area is 266 Å². The average molecular weight is 623 g/mol. The standard InChI is InChI=1S/C36H50N2O3S2/c1-8-34(39)41-26-42-38(7)43(40)31-22-19-29(20-23-31)33(35(2,3)4)25-30(27-15-11-9-12-16-27)21-24-32(36(5,6)37)28-17-13-10-14-18-28/h9-20,22-23,30,32-33H,8,21,24-26,37H2,1-7H3. The molecule has 0 bridgehead atoms. The molecule has 3 aromatic rings. The first-order chi connectivity index (χ1) is 20.3. The van der Waals surface area contributed by atoms with E-state index in [0.29, 0.717) is 18.3 Å². The molecule has 3 aromatic carbocycles. The third-order valence-electron chi connectivity index (χ3n) is 8.20. The highest BCUT2D eigenvalue weighted by atomic mass is 32.2. The van der Waals surface area contributed by atoms with Crippen LogP contribution in [0.15, 0.2) is 89.8 Å². The lowest BCUT2D eigenvalue weighted by Crippen LogP contribution is -2.39. The number of nitrogens with two attached hydrogens (primary N) is 1. The summed E-state index contributed by atoms with van der Waals surface area (Å²) in [7, 11) is 0.382. The second kappa shape index (κ2) is 16.0. The van der Waals surface area contributed by atoms with Crippen LogP contribution in [-0.2, 0) is 20.5 Å². The second-order valence-corrected chi connectivity index (χ2v) is 15.8. The lowest BCUT2D eigenvalue weighted by atomic mass is 9.69. The van der Waals surface area contributed by atoms with Gasteiger partial charge in [0.1, 0.15) is 11.0 Å². The molecule has 0 saturated heterocycles. The summed E-state index contributed by atoms with van der Waals surface area (Å²) in [6, 6.07) is 29.8. The zero-order valence-electron chi connectivity index (χ0n) is 26.9. The molecule has 0 fully saturated rings. The number of benzene rings is 3. The Morgan fingerprint density at radius 1 is 0.837 bits per heavy atom. The second-order valence-electron chi connectivity index (χ2n) is 13.0. The fraction of sp³-hybridized carbons (Fsp3) is 0.472. The SMILES string of the molecule is CCC(=O)OCSN(C)S(=O)c1ccc(C(CC(CCC(c2ccccc2)C(C)(C)N)c2ccccc2)C(C)(C)C)cc1. The van der Waals surface area contributed by atoms with Gasteiger partial charge in [-0.05, 0) is 91.1 Å². The van der Waals surface area contributed by atoms with Crippen LogP contribution in [0.4, 0.5) is 0 Å². The van der Waals surface area contributed by atoms with Gasteiger partial charge in [0, 0.05) is 24.9 Å². The molecular weight excluding hydrogens is 573 g/mol. The summed E-state index contributed by atoms with van der Waals surface area (Å²) in [5, 5.41) is 0. The van der Waals surface area contributed by atoms with Crippen LogP contribution < -0.4 is 5.73 Å². The topological polar surface area (TPSA) is 72.6 Å². The maximum absolute atomic E-state index is 13.1. The quantitative estimate of drug-likeness (QED) is 0.104. The Kier molecular flexibility index (Phi) is 13.1. The maximum atomic E-state index is 13.1. The number of nitrogens with zero attached hydrogens (tertiary/aromatic N) is 1. The van der Waals surface area contributed by atoms with Crippen LogP contribution >= 0.6 is 11.9 Å². The first kappa shape index (κ1) is 35.0. The van der Waals surface area contributed by atoms with Crippen molar-refractivity contribution >= 4 is 28.9 Å². The molecule has 0 radical (unpaired) electrons. The van der Waals surface area contributed by atoms with Gasteiger partial charge in [-0.15, -0.1) is 0 Å². The smallest absolute Gasteiger partial charge is 0.306 e. The summed E-state index contributed by atoms with van der Waals surface area (Å²) in [4.78, 5) is 12.2. The minimum atomic E-state index is -1.37. The predicted molar refractivity (Wildman–Crippen MR) is 182 cm³/mol. The third-order valence-corrected chi connectivity index (χ3v) is 10.7. The number of esters is 1. The van der Waals surface area contributed by atoms with Crippen molar-refractivity contribution < 1.29 is 13.7 Å².